The molecule has 272 valence electrons. The molecular formula is C37H51N5O8. The van der Waals surface area contributed by atoms with E-state index in [1.54, 1.807) is 31.2 Å². The lowest BCUT2D eigenvalue weighted by Gasteiger charge is -2.62. The predicted molar refractivity (Wildman–Crippen MR) is 186 cm³/mol. The van der Waals surface area contributed by atoms with Crippen LogP contribution in [0.4, 0.5) is 5.69 Å². The number of para-hydroxylation sites is 1. The first-order valence-corrected chi connectivity index (χ1v) is 17.5. The molecule has 2 heterocycles. The largest absolute Gasteiger partial charge is 0.496 e. The van der Waals surface area contributed by atoms with Gasteiger partial charge in [0.05, 0.1) is 26.4 Å². The molecule has 13 heteroatoms. The van der Waals surface area contributed by atoms with Gasteiger partial charge in [-0.15, -0.1) is 0 Å². The number of nitrogens with one attached hydrogen (secondary N) is 3. The number of anilines is 1. The Morgan fingerprint density at radius 3 is 2.54 bits per heavy atom. The summed E-state index contributed by atoms with van der Waals surface area (Å²) in [5.74, 6) is 0.205. The maximum absolute atomic E-state index is 14.2. The first-order valence-electron chi connectivity index (χ1n) is 17.5. The zero-order chi connectivity index (χ0) is 36.1. The minimum atomic E-state index is -0.919. The Kier molecular flexibility index (Phi) is 10.2. The fraction of sp³-hybridized carbons (Fsp3) is 0.595. The van der Waals surface area contributed by atoms with Crippen molar-refractivity contribution in [1.29, 1.82) is 0 Å². The molecule has 2 bridgehead atoms. The molecule has 9 atom stereocenters. The van der Waals surface area contributed by atoms with Crippen molar-refractivity contribution in [3.63, 3.8) is 0 Å². The van der Waals surface area contributed by atoms with Crippen LogP contribution in [0.1, 0.15) is 56.5 Å². The second-order valence-electron chi connectivity index (χ2n) is 15.2. The first-order chi connectivity index (χ1) is 23.7. The van der Waals surface area contributed by atoms with Crippen LogP contribution in [0.25, 0.3) is 11.1 Å². The van der Waals surface area contributed by atoms with E-state index < -0.39 is 42.0 Å². The molecule has 2 aromatic rings. The average Bonchev–Trinajstić information content (AvgIpc) is 3.67. The van der Waals surface area contributed by atoms with Crippen LogP contribution < -0.4 is 25.8 Å². The molecule has 50 heavy (non-hydrogen) atoms. The summed E-state index contributed by atoms with van der Waals surface area (Å²) in [4.78, 5) is 52.6. The van der Waals surface area contributed by atoms with Gasteiger partial charge in [0.1, 0.15) is 30.5 Å². The molecular weight excluding hydrogens is 642 g/mol. The molecule has 7 rings (SSSR count). The van der Waals surface area contributed by atoms with E-state index >= 15 is 0 Å². The number of fused-ring (bicyclic) bond motifs is 2. The van der Waals surface area contributed by atoms with Crippen LogP contribution in [-0.4, -0.2) is 97.8 Å². The molecule has 3 amide bonds. The maximum Gasteiger partial charge on any atom is 0.268 e. The van der Waals surface area contributed by atoms with Crippen molar-refractivity contribution in [3.05, 3.63) is 47.5 Å². The molecule has 2 aliphatic heterocycles. The van der Waals surface area contributed by atoms with E-state index in [9.17, 15) is 24.6 Å². The number of nitrogens with zero attached hydrogens (tertiary/aromatic N) is 2. The highest BCUT2D eigenvalue weighted by Gasteiger charge is 2.57. The topological polar surface area (TPSA) is 162 Å². The van der Waals surface area contributed by atoms with E-state index in [0.29, 0.717) is 45.8 Å². The Bertz CT molecular complexity index is 1610. The van der Waals surface area contributed by atoms with E-state index in [1.807, 2.05) is 43.3 Å². The SMILES string of the molecule is COc1c(CN2O[C@@H](CO)[C@H]([C@H](C)O)[C@H]2C(=O)N[C@H]2CC3C[C@@H]([C@@H]2C)C3(C)C)cccc1-c1cc(C(=O)N[C@@H]2CONC2=O)cc(N(C)C)c1. The van der Waals surface area contributed by atoms with Gasteiger partial charge < -0.3 is 30.5 Å². The monoisotopic (exact) mass is 693 g/mol. The molecule has 5 aliphatic rings. The summed E-state index contributed by atoms with van der Waals surface area (Å²) in [6, 6.07) is 9.42. The third kappa shape index (κ3) is 6.57. The van der Waals surface area contributed by atoms with Gasteiger partial charge in [0, 0.05) is 48.4 Å². The van der Waals surface area contributed by atoms with Crippen molar-refractivity contribution in [1.82, 2.24) is 21.2 Å². The van der Waals surface area contributed by atoms with Crippen LogP contribution in [0.2, 0.25) is 0 Å². The van der Waals surface area contributed by atoms with Crippen LogP contribution in [0.5, 0.6) is 5.75 Å². The van der Waals surface area contributed by atoms with Crippen LogP contribution in [0, 0.1) is 29.1 Å². The van der Waals surface area contributed by atoms with Gasteiger partial charge in [0.25, 0.3) is 11.8 Å². The molecule has 3 saturated carbocycles. The van der Waals surface area contributed by atoms with Crippen molar-refractivity contribution in [2.75, 3.05) is 39.3 Å². The van der Waals surface area contributed by atoms with Gasteiger partial charge in [-0.25, -0.2) is 5.48 Å². The number of amides is 3. The summed E-state index contributed by atoms with van der Waals surface area (Å²) < 4.78 is 5.99. The average molecular weight is 694 g/mol. The van der Waals surface area contributed by atoms with Crippen molar-refractivity contribution >= 4 is 23.4 Å². The molecule has 3 aliphatic carbocycles. The lowest BCUT2D eigenvalue weighted by atomic mass is 9.45. The Morgan fingerprint density at radius 2 is 1.94 bits per heavy atom. The van der Waals surface area contributed by atoms with Gasteiger partial charge in [0.15, 0.2) is 0 Å². The molecule has 2 aromatic carbocycles. The standard InChI is InChI=1S/C37H51N5O8/c1-19-27-14-24(37(27,3)4)15-28(19)38-36(47)32-31(20(2)44)30(17-43)50-42(32)16-21-9-8-10-26(33(21)48-7)22-11-23(13-25(12-22)41(5)6)34(45)39-29-18-49-40-35(29)46/h8-13,19-20,24,27-32,43-44H,14-18H2,1-7H3,(H,38,47)(H,39,45)(H,40,46)/t19-,20-,24?,27-,28-,29+,30-,31-,32-/m0/s1. The summed E-state index contributed by atoms with van der Waals surface area (Å²) in [6.07, 6.45) is 0.406. The molecule has 0 aromatic heterocycles. The number of hydroxylamine groups is 3. The Labute approximate surface area is 293 Å². The summed E-state index contributed by atoms with van der Waals surface area (Å²) in [5, 5.41) is 28.8. The quantitative estimate of drug-likeness (QED) is 0.236. The minimum Gasteiger partial charge on any atom is -0.496 e. The number of methoxy groups -OCH3 is 1. The van der Waals surface area contributed by atoms with Crippen molar-refractivity contribution in [3.8, 4) is 16.9 Å². The number of carbonyl (C=O) groups is 3. The first kappa shape index (κ1) is 36.1. The fourth-order valence-electron chi connectivity index (χ4n) is 8.68. The van der Waals surface area contributed by atoms with E-state index in [2.05, 4.69) is 36.9 Å². The van der Waals surface area contributed by atoms with Gasteiger partial charge in [-0.3, -0.25) is 24.1 Å². The second-order valence-corrected chi connectivity index (χ2v) is 15.2. The third-order valence-electron chi connectivity index (χ3n) is 11.7. The van der Waals surface area contributed by atoms with Gasteiger partial charge in [0.2, 0.25) is 5.91 Å². The zero-order valence-electron chi connectivity index (χ0n) is 29.9. The number of aliphatic hydroxyl groups excluding tert-OH is 2. The highest BCUT2D eigenvalue weighted by atomic mass is 16.7. The van der Waals surface area contributed by atoms with Crippen molar-refractivity contribution in [2.24, 2.45) is 29.1 Å². The predicted octanol–water partition coefficient (Wildman–Crippen LogP) is 2.25. The Hall–Kier alpha value is -3.75. The van der Waals surface area contributed by atoms with Crippen LogP contribution >= 0.6 is 0 Å². The summed E-state index contributed by atoms with van der Waals surface area (Å²) in [7, 11) is 5.30. The molecule has 1 unspecified atom stereocenters. The van der Waals surface area contributed by atoms with E-state index in [1.165, 1.54) is 6.42 Å². The van der Waals surface area contributed by atoms with E-state index in [0.717, 1.165) is 12.1 Å². The summed E-state index contributed by atoms with van der Waals surface area (Å²) in [6.45, 7) is 8.29. The number of aliphatic hydroxyl groups is 2. The third-order valence-corrected chi connectivity index (χ3v) is 11.7. The normalized spacial score (nSPS) is 30.6. The molecule has 5 N–H and O–H groups in total. The molecule has 13 nitrogen and oxygen atoms in total. The fourth-order valence-corrected chi connectivity index (χ4v) is 8.68. The summed E-state index contributed by atoms with van der Waals surface area (Å²) >= 11 is 0. The van der Waals surface area contributed by atoms with Gasteiger partial charge in [-0.2, -0.15) is 5.06 Å². The molecule has 2 saturated heterocycles. The molecule has 0 radical (unpaired) electrons. The number of carbonyl (C=O) groups excluding carboxylic acids is 3. The zero-order valence-corrected chi connectivity index (χ0v) is 29.9. The van der Waals surface area contributed by atoms with Gasteiger partial charge in [-0.1, -0.05) is 39.0 Å². The Balaban J connectivity index is 1.29. The van der Waals surface area contributed by atoms with Crippen LogP contribution in [0.3, 0.4) is 0 Å². The van der Waals surface area contributed by atoms with Gasteiger partial charge in [-0.05, 0) is 66.7 Å². The Morgan fingerprint density at radius 1 is 1.18 bits per heavy atom. The number of ether oxygens (including phenoxy) is 1. The van der Waals surface area contributed by atoms with Crippen molar-refractivity contribution < 1.29 is 39.0 Å². The van der Waals surface area contributed by atoms with Crippen LogP contribution in [-0.2, 0) is 25.8 Å². The molecule has 0 spiro atoms. The van der Waals surface area contributed by atoms with Crippen molar-refractivity contribution in [2.45, 2.75) is 77.4 Å². The lowest BCUT2D eigenvalue weighted by Crippen LogP contribution is -2.62. The second kappa shape index (κ2) is 14.1. The number of benzene rings is 2. The van der Waals surface area contributed by atoms with E-state index in [-0.39, 0.29) is 37.1 Å². The van der Waals surface area contributed by atoms with E-state index in [4.69, 9.17) is 14.4 Å². The molecule has 5 fully saturated rings. The minimum absolute atomic E-state index is 0.0211. The number of hydrogen-bond acceptors (Lipinski definition) is 10. The van der Waals surface area contributed by atoms with Crippen LogP contribution in [0.15, 0.2) is 36.4 Å². The maximum atomic E-state index is 14.2. The number of hydrogen-bond donors (Lipinski definition) is 5. The highest BCUT2D eigenvalue weighted by molar-refractivity contribution is 6.00. The number of rotatable bonds is 11. The highest BCUT2D eigenvalue weighted by Crippen LogP contribution is 2.61. The smallest absolute Gasteiger partial charge is 0.268 e. The lowest BCUT2D eigenvalue weighted by molar-refractivity contribution is -0.183. The van der Waals surface area contributed by atoms with Gasteiger partial charge >= 0.3 is 0 Å². The summed E-state index contributed by atoms with van der Waals surface area (Å²) in [5.41, 5.74) is 5.74.